The van der Waals surface area contributed by atoms with Crippen LogP contribution in [0.4, 0.5) is 4.79 Å². The quantitative estimate of drug-likeness (QED) is 0.702. The SMILES string of the molecule is COc1ccc(OC)c([C@H]2CCCN2C(=O)CN2C(=O)N[C@](C)(c3ccccc3)C2=O)c1. The fraction of sp³-hybridized carbons (Fsp3) is 0.375. The number of methoxy groups -OCH3 is 2. The van der Waals surface area contributed by atoms with Crippen LogP contribution in [0.2, 0.25) is 0 Å². The summed E-state index contributed by atoms with van der Waals surface area (Å²) < 4.78 is 10.9. The molecule has 0 bridgehead atoms. The fourth-order valence-electron chi connectivity index (χ4n) is 4.52. The number of ether oxygens (including phenoxy) is 2. The Kier molecular flexibility index (Phi) is 5.78. The molecular weight excluding hydrogens is 410 g/mol. The first-order valence-corrected chi connectivity index (χ1v) is 10.6. The Balaban J connectivity index is 1.55. The summed E-state index contributed by atoms with van der Waals surface area (Å²) in [5.74, 6) is 0.630. The average molecular weight is 437 g/mol. The van der Waals surface area contributed by atoms with E-state index in [4.69, 9.17) is 9.47 Å². The molecule has 0 aromatic heterocycles. The number of rotatable bonds is 6. The van der Waals surface area contributed by atoms with Gasteiger partial charge in [-0.2, -0.15) is 0 Å². The minimum absolute atomic E-state index is 0.214. The molecule has 0 aliphatic carbocycles. The van der Waals surface area contributed by atoms with Crippen molar-refractivity contribution in [2.45, 2.75) is 31.3 Å². The van der Waals surface area contributed by atoms with Crippen LogP contribution < -0.4 is 14.8 Å². The number of carbonyl (C=O) groups excluding carboxylic acids is 3. The Morgan fingerprint density at radius 1 is 1.12 bits per heavy atom. The second-order valence-corrected chi connectivity index (χ2v) is 8.17. The molecule has 0 unspecified atom stereocenters. The predicted octanol–water partition coefficient (Wildman–Crippen LogP) is 2.83. The zero-order valence-corrected chi connectivity index (χ0v) is 18.5. The zero-order valence-electron chi connectivity index (χ0n) is 18.5. The van der Waals surface area contributed by atoms with Crippen molar-refractivity contribution < 1.29 is 23.9 Å². The fourth-order valence-corrected chi connectivity index (χ4v) is 4.52. The third-order valence-electron chi connectivity index (χ3n) is 6.29. The normalized spacial score (nSPS) is 22.8. The molecule has 8 nitrogen and oxygen atoms in total. The molecule has 2 fully saturated rings. The van der Waals surface area contributed by atoms with Crippen molar-refractivity contribution >= 4 is 17.8 Å². The highest BCUT2D eigenvalue weighted by Crippen LogP contribution is 2.39. The van der Waals surface area contributed by atoms with Gasteiger partial charge in [-0.05, 0) is 43.5 Å². The first-order chi connectivity index (χ1) is 15.4. The summed E-state index contributed by atoms with van der Waals surface area (Å²) >= 11 is 0. The van der Waals surface area contributed by atoms with Crippen LogP contribution >= 0.6 is 0 Å². The number of likely N-dealkylation sites (tertiary alicyclic amines) is 1. The van der Waals surface area contributed by atoms with Gasteiger partial charge in [-0.25, -0.2) is 4.79 Å². The van der Waals surface area contributed by atoms with Crippen LogP contribution in [-0.2, 0) is 15.1 Å². The topological polar surface area (TPSA) is 88.2 Å². The van der Waals surface area contributed by atoms with Crippen molar-refractivity contribution in [3.05, 3.63) is 59.7 Å². The van der Waals surface area contributed by atoms with Crippen LogP contribution in [0, 0.1) is 0 Å². The molecule has 8 heteroatoms. The van der Waals surface area contributed by atoms with Crippen LogP contribution in [-0.4, -0.2) is 55.0 Å². The summed E-state index contributed by atoms with van der Waals surface area (Å²) in [5.41, 5.74) is 0.330. The number of hydrogen-bond acceptors (Lipinski definition) is 5. The molecular formula is C24H27N3O5. The van der Waals surface area contributed by atoms with Gasteiger partial charge >= 0.3 is 6.03 Å². The van der Waals surface area contributed by atoms with E-state index in [1.165, 1.54) is 0 Å². The van der Waals surface area contributed by atoms with Gasteiger partial charge in [-0.3, -0.25) is 14.5 Å². The third-order valence-corrected chi connectivity index (χ3v) is 6.29. The molecule has 32 heavy (non-hydrogen) atoms. The lowest BCUT2D eigenvalue weighted by Gasteiger charge is -2.28. The Hall–Kier alpha value is -3.55. The van der Waals surface area contributed by atoms with Gasteiger partial charge in [0, 0.05) is 12.1 Å². The molecule has 168 valence electrons. The minimum Gasteiger partial charge on any atom is -0.497 e. The van der Waals surface area contributed by atoms with Crippen molar-refractivity contribution in [3.63, 3.8) is 0 Å². The van der Waals surface area contributed by atoms with Crippen molar-refractivity contribution in [1.29, 1.82) is 0 Å². The van der Waals surface area contributed by atoms with Gasteiger partial charge in [0.1, 0.15) is 23.6 Å². The molecule has 4 rings (SSSR count). The van der Waals surface area contributed by atoms with Crippen molar-refractivity contribution in [2.75, 3.05) is 27.3 Å². The third kappa shape index (κ3) is 3.66. The molecule has 0 spiro atoms. The van der Waals surface area contributed by atoms with E-state index in [1.54, 1.807) is 44.2 Å². The lowest BCUT2D eigenvalue weighted by atomic mass is 9.92. The standard InChI is InChI=1S/C24H27N3O5/c1-24(16-8-5-4-6-9-16)22(29)27(23(30)25-24)15-21(28)26-13-7-10-19(26)18-14-17(31-2)11-12-20(18)32-3/h4-6,8-9,11-12,14,19H,7,10,13,15H2,1-3H3,(H,25,30)/t19-,24-/m1/s1. The van der Waals surface area contributed by atoms with Gasteiger partial charge in [0.05, 0.1) is 20.3 Å². The lowest BCUT2D eigenvalue weighted by Crippen LogP contribution is -2.44. The zero-order chi connectivity index (χ0) is 22.9. The van der Waals surface area contributed by atoms with E-state index >= 15 is 0 Å². The Bertz CT molecular complexity index is 1040. The molecule has 2 atom stereocenters. The molecule has 2 heterocycles. The highest BCUT2D eigenvalue weighted by molar-refractivity contribution is 6.09. The van der Waals surface area contributed by atoms with Gasteiger partial charge in [0.15, 0.2) is 0 Å². The molecule has 2 aliphatic rings. The van der Waals surface area contributed by atoms with E-state index in [1.807, 2.05) is 30.3 Å². The Morgan fingerprint density at radius 2 is 1.88 bits per heavy atom. The molecule has 2 aromatic rings. The van der Waals surface area contributed by atoms with Crippen LogP contribution in [0.5, 0.6) is 11.5 Å². The first kappa shape index (κ1) is 21.7. The minimum atomic E-state index is -1.20. The van der Waals surface area contributed by atoms with Crippen LogP contribution in [0.15, 0.2) is 48.5 Å². The number of amides is 4. The van der Waals surface area contributed by atoms with E-state index in [0.29, 0.717) is 23.6 Å². The number of benzene rings is 2. The first-order valence-electron chi connectivity index (χ1n) is 10.6. The highest BCUT2D eigenvalue weighted by Gasteiger charge is 2.50. The van der Waals surface area contributed by atoms with E-state index < -0.39 is 17.5 Å². The van der Waals surface area contributed by atoms with Crippen LogP contribution in [0.1, 0.15) is 36.9 Å². The highest BCUT2D eigenvalue weighted by atomic mass is 16.5. The summed E-state index contributed by atoms with van der Waals surface area (Å²) in [6, 6.07) is 13.8. The Labute approximate surface area is 187 Å². The molecule has 2 aromatic carbocycles. The number of carbonyl (C=O) groups is 3. The van der Waals surface area contributed by atoms with Gasteiger partial charge in [0.25, 0.3) is 5.91 Å². The summed E-state index contributed by atoms with van der Waals surface area (Å²) in [5, 5.41) is 2.75. The smallest absolute Gasteiger partial charge is 0.325 e. The molecule has 0 saturated carbocycles. The summed E-state index contributed by atoms with van der Waals surface area (Å²) in [4.78, 5) is 41.8. The molecule has 0 radical (unpaired) electrons. The lowest BCUT2D eigenvalue weighted by molar-refractivity contribution is -0.139. The second kappa shape index (κ2) is 8.53. The van der Waals surface area contributed by atoms with Crippen LogP contribution in [0.25, 0.3) is 0 Å². The summed E-state index contributed by atoms with van der Waals surface area (Å²) in [6.45, 7) is 1.89. The number of imide groups is 1. The second-order valence-electron chi connectivity index (χ2n) is 8.17. The van der Waals surface area contributed by atoms with E-state index in [-0.39, 0.29) is 18.5 Å². The summed E-state index contributed by atoms with van der Waals surface area (Å²) in [6.07, 6.45) is 1.58. The number of hydrogen-bond donors (Lipinski definition) is 1. The summed E-state index contributed by atoms with van der Waals surface area (Å²) in [7, 11) is 3.18. The van der Waals surface area contributed by atoms with E-state index in [9.17, 15) is 14.4 Å². The van der Waals surface area contributed by atoms with Gasteiger partial charge in [-0.15, -0.1) is 0 Å². The van der Waals surface area contributed by atoms with Gasteiger partial charge in [0.2, 0.25) is 5.91 Å². The predicted molar refractivity (Wildman–Crippen MR) is 117 cm³/mol. The largest absolute Gasteiger partial charge is 0.497 e. The van der Waals surface area contributed by atoms with Crippen molar-refractivity contribution in [3.8, 4) is 11.5 Å². The average Bonchev–Trinajstić information content (AvgIpc) is 3.39. The van der Waals surface area contributed by atoms with Gasteiger partial charge in [-0.1, -0.05) is 30.3 Å². The maximum absolute atomic E-state index is 13.3. The Morgan fingerprint density at radius 3 is 2.56 bits per heavy atom. The van der Waals surface area contributed by atoms with Crippen molar-refractivity contribution in [2.24, 2.45) is 0 Å². The number of nitrogens with one attached hydrogen (secondary N) is 1. The molecule has 4 amide bonds. The van der Waals surface area contributed by atoms with E-state index in [0.717, 1.165) is 23.3 Å². The molecule has 2 aliphatic heterocycles. The van der Waals surface area contributed by atoms with Gasteiger partial charge < -0.3 is 19.7 Å². The molecule has 1 N–H and O–H groups in total. The number of nitrogens with zero attached hydrogens (tertiary/aromatic N) is 2. The van der Waals surface area contributed by atoms with Crippen LogP contribution in [0.3, 0.4) is 0 Å². The molecule has 2 saturated heterocycles. The monoisotopic (exact) mass is 437 g/mol. The maximum Gasteiger partial charge on any atom is 0.325 e. The van der Waals surface area contributed by atoms with E-state index in [2.05, 4.69) is 5.32 Å². The number of urea groups is 1. The maximum atomic E-state index is 13.3. The van der Waals surface area contributed by atoms with Crippen molar-refractivity contribution in [1.82, 2.24) is 15.1 Å².